The Bertz CT molecular complexity index is 692. The maximum atomic E-state index is 13.3. The molecular weight excluding hydrogens is 288 g/mol. The normalized spacial score (nSPS) is 11.0. The lowest BCUT2D eigenvalue weighted by Gasteiger charge is -2.11. The number of hydrogen-bond acceptors (Lipinski definition) is 3. The summed E-state index contributed by atoms with van der Waals surface area (Å²) >= 11 is 0. The van der Waals surface area contributed by atoms with Crippen molar-refractivity contribution >= 4 is 0 Å². The first kappa shape index (κ1) is 14.8. The minimum Gasteiger partial charge on any atom is -0.406 e. The summed E-state index contributed by atoms with van der Waals surface area (Å²) in [5.74, 6) is -1.07. The third kappa shape index (κ3) is 3.92. The molecular formula is C14H8F4N2O. The molecule has 0 spiro atoms. The van der Waals surface area contributed by atoms with Crippen LogP contribution < -0.4 is 4.74 Å². The topological polar surface area (TPSA) is 45.9 Å². The lowest BCUT2D eigenvalue weighted by atomic mass is 10.0. The van der Waals surface area contributed by atoms with E-state index in [1.165, 1.54) is 12.1 Å². The summed E-state index contributed by atoms with van der Waals surface area (Å²) in [6, 6.07) is 8.07. The van der Waals surface area contributed by atoms with Crippen LogP contribution in [0.3, 0.4) is 0 Å². The van der Waals surface area contributed by atoms with Gasteiger partial charge in [0.25, 0.3) is 0 Å². The lowest BCUT2D eigenvalue weighted by molar-refractivity contribution is -0.274. The number of alkyl halides is 3. The van der Waals surface area contributed by atoms with Gasteiger partial charge in [0.1, 0.15) is 11.6 Å². The van der Waals surface area contributed by atoms with Gasteiger partial charge in [0.15, 0.2) is 0 Å². The molecule has 0 aliphatic carbocycles. The van der Waals surface area contributed by atoms with Gasteiger partial charge in [0.05, 0.1) is 24.4 Å². The summed E-state index contributed by atoms with van der Waals surface area (Å²) in [7, 11) is 0. The van der Waals surface area contributed by atoms with Crippen LogP contribution in [-0.2, 0) is 6.42 Å². The van der Waals surface area contributed by atoms with Crippen LogP contribution in [0.5, 0.6) is 5.75 Å². The van der Waals surface area contributed by atoms with E-state index >= 15 is 0 Å². The molecule has 0 N–H and O–H groups in total. The molecule has 0 saturated carbocycles. The fraction of sp³-hybridized carbons (Fsp3) is 0.143. The Kier molecular flexibility index (Phi) is 4.08. The van der Waals surface area contributed by atoms with Crippen LogP contribution in [-0.4, -0.2) is 11.3 Å². The number of halogens is 4. The van der Waals surface area contributed by atoms with Crippen molar-refractivity contribution in [2.24, 2.45) is 0 Å². The van der Waals surface area contributed by atoms with Crippen LogP contribution in [0.1, 0.15) is 5.69 Å². The molecule has 0 fully saturated rings. The Labute approximate surface area is 117 Å². The third-order valence-corrected chi connectivity index (χ3v) is 2.56. The summed E-state index contributed by atoms with van der Waals surface area (Å²) < 4.78 is 53.7. The second-order valence-electron chi connectivity index (χ2n) is 4.06. The number of hydrogen-bond donors (Lipinski definition) is 0. The molecule has 1 aromatic heterocycles. The minimum atomic E-state index is -4.81. The molecule has 1 heterocycles. The number of pyridine rings is 1. The van der Waals surface area contributed by atoms with E-state index in [0.29, 0.717) is 0 Å². The van der Waals surface area contributed by atoms with Gasteiger partial charge in [-0.05, 0) is 23.8 Å². The first-order valence-corrected chi connectivity index (χ1v) is 5.76. The number of aromatic nitrogens is 1. The molecule has 0 unspecified atom stereocenters. The van der Waals surface area contributed by atoms with Gasteiger partial charge in [0, 0.05) is 5.56 Å². The van der Waals surface area contributed by atoms with E-state index in [4.69, 9.17) is 5.26 Å². The molecule has 2 rings (SSSR count). The summed E-state index contributed by atoms with van der Waals surface area (Å²) in [6.07, 6.45) is -3.94. The fourth-order valence-corrected chi connectivity index (χ4v) is 1.79. The molecule has 21 heavy (non-hydrogen) atoms. The van der Waals surface area contributed by atoms with Crippen molar-refractivity contribution in [1.82, 2.24) is 4.98 Å². The van der Waals surface area contributed by atoms with E-state index in [2.05, 4.69) is 9.72 Å². The largest absolute Gasteiger partial charge is 0.573 e. The van der Waals surface area contributed by atoms with Crippen molar-refractivity contribution in [1.29, 1.82) is 5.26 Å². The summed E-state index contributed by atoms with van der Waals surface area (Å²) in [5.41, 5.74) is 0.821. The molecule has 7 heteroatoms. The van der Waals surface area contributed by atoms with Crippen LogP contribution in [0.15, 0.2) is 36.5 Å². The number of benzene rings is 1. The van der Waals surface area contributed by atoms with Gasteiger partial charge < -0.3 is 4.74 Å². The minimum absolute atomic E-state index is 0.0834. The highest BCUT2D eigenvalue weighted by molar-refractivity contribution is 5.67. The van der Waals surface area contributed by atoms with E-state index in [-0.39, 0.29) is 23.2 Å². The Morgan fingerprint density at radius 2 is 2.00 bits per heavy atom. The zero-order valence-corrected chi connectivity index (χ0v) is 10.5. The molecule has 0 radical (unpaired) electrons. The summed E-state index contributed by atoms with van der Waals surface area (Å²) in [5, 5.41) is 8.71. The van der Waals surface area contributed by atoms with E-state index in [9.17, 15) is 17.6 Å². The fourth-order valence-electron chi connectivity index (χ4n) is 1.79. The molecule has 1 aromatic carbocycles. The Hall–Kier alpha value is -2.62. The average molecular weight is 296 g/mol. The van der Waals surface area contributed by atoms with Crippen LogP contribution in [0.4, 0.5) is 17.6 Å². The molecule has 0 bridgehead atoms. The highest BCUT2D eigenvalue weighted by Crippen LogP contribution is 2.29. The number of nitrogens with zero attached hydrogens (tertiary/aromatic N) is 2. The van der Waals surface area contributed by atoms with Crippen molar-refractivity contribution in [3.05, 3.63) is 48.0 Å². The Balaban J connectivity index is 2.45. The van der Waals surface area contributed by atoms with Crippen LogP contribution in [0, 0.1) is 17.1 Å². The molecule has 0 aliphatic rings. The second-order valence-corrected chi connectivity index (χ2v) is 4.06. The summed E-state index contributed by atoms with van der Waals surface area (Å²) in [6.45, 7) is 0. The SMILES string of the molecule is N#CCc1ncc(F)cc1-c1cccc(OC(F)(F)F)c1. The van der Waals surface area contributed by atoms with Crippen molar-refractivity contribution < 1.29 is 22.3 Å². The van der Waals surface area contributed by atoms with Gasteiger partial charge >= 0.3 is 6.36 Å². The second kappa shape index (κ2) is 5.79. The van der Waals surface area contributed by atoms with Gasteiger partial charge in [-0.2, -0.15) is 5.26 Å². The lowest BCUT2D eigenvalue weighted by Crippen LogP contribution is -2.17. The van der Waals surface area contributed by atoms with Gasteiger partial charge in [-0.15, -0.1) is 13.2 Å². The molecule has 0 atom stereocenters. The third-order valence-electron chi connectivity index (χ3n) is 2.56. The monoisotopic (exact) mass is 296 g/mol. The van der Waals surface area contributed by atoms with E-state index < -0.39 is 17.9 Å². The zero-order chi connectivity index (χ0) is 15.5. The van der Waals surface area contributed by atoms with Crippen LogP contribution in [0.25, 0.3) is 11.1 Å². The van der Waals surface area contributed by atoms with Crippen molar-refractivity contribution in [3.8, 4) is 22.9 Å². The van der Waals surface area contributed by atoms with Crippen molar-refractivity contribution in [2.45, 2.75) is 12.8 Å². The highest BCUT2D eigenvalue weighted by Gasteiger charge is 2.31. The molecule has 0 aliphatic heterocycles. The predicted octanol–water partition coefficient (Wildman–Crippen LogP) is 3.85. The van der Waals surface area contributed by atoms with Crippen LogP contribution >= 0.6 is 0 Å². The average Bonchev–Trinajstić information content (AvgIpc) is 2.39. The van der Waals surface area contributed by atoms with Crippen molar-refractivity contribution in [3.63, 3.8) is 0 Å². The van der Waals surface area contributed by atoms with Crippen LogP contribution in [0.2, 0.25) is 0 Å². The Morgan fingerprint density at radius 3 is 2.67 bits per heavy atom. The molecule has 3 nitrogen and oxygen atoms in total. The molecule has 108 valence electrons. The molecule has 0 amide bonds. The smallest absolute Gasteiger partial charge is 0.406 e. The first-order chi connectivity index (χ1) is 9.89. The maximum absolute atomic E-state index is 13.3. The van der Waals surface area contributed by atoms with Gasteiger partial charge in [-0.3, -0.25) is 4.98 Å². The van der Waals surface area contributed by atoms with Gasteiger partial charge in [-0.25, -0.2) is 4.39 Å². The maximum Gasteiger partial charge on any atom is 0.573 e. The first-order valence-electron chi connectivity index (χ1n) is 5.76. The van der Waals surface area contributed by atoms with E-state index in [1.54, 1.807) is 0 Å². The van der Waals surface area contributed by atoms with Gasteiger partial charge in [-0.1, -0.05) is 12.1 Å². The number of ether oxygens (including phenoxy) is 1. The quantitative estimate of drug-likeness (QED) is 0.808. The number of nitriles is 1. The molecule has 0 saturated heterocycles. The van der Waals surface area contributed by atoms with Crippen molar-refractivity contribution in [2.75, 3.05) is 0 Å². The molecule has 2 aromatic rings. The Morgan fingerprint density at radius 1 is 1.24 bits per heavy atom. The number of rotatable bonds is 3. The zero-order valence-electron chi connectivity index (χ0n) is 10.5. The summed E-state index contributed by atoms with van der Waals surface area (Å²) in [4.78, 5) is 3.79. The van der Waals surface area contributed by atoms with E-state index in [1.807, 2.05) is 6.07 Å². The predicted molar refractivity (Wildman–Crippen MR) is 65.6 cm³/mol. The van der Waals surface area contributed by atoms with E-state index in [0.717, 1.165) is 24.4 Å². The highest BCUT2D eigenvalue weighted by atomic mass is 19.4. The standard InChI is InChI=1S/C14H8F4N2O/c15-10-7-12(13(4-5-19)20-8-10)9-2-1-3-11(6-9)21-14(16,17)18/h1-3,6-8H,4H2. The van der Waals surface area contributed by atoms with Gasteiger partial charge in [0.2, 0.25) is 0 Å².